The number of hydrogen-bond acceptors (Lipinski definition) is 4. The van der Waals surface area contributed by atoms with E-state index < -0.39 is 0 Å². The van der Waals surface area contributed by atoms with Gasteiger partial charge >= 0.3 is 0 Å². The monoisotopic (exact) mass is 263 g/mol. The summed E-state index contributed by atoms with van der Waals surface area (Å²) in [6.45, 7) is 3.08. The van der Waals surface area contributed by atoms with Crippen LogP contribution in [0.2, 0.25) is 0 Å². The molecule has 0 amide bonds. The average Bonchev–Trinajstić information content (AvgIpc) is 2.40. The molecular formula is C15H25N3O. The summed E-state index contributed by atoms with van der Waals surface area (Å²) in [5.41, 5.74) is 1.10. The van der Waals surface area contributed by atoms with E-state index in [4.69, 9.17) is 4.74 Å². The first-order valence-electron chi connectivity index (χ1n) is 7.20. The van der Waals surface area contributed by atoms with Crippen molar-refractivity contribution in [2.24, 2.45) is 0 Å². The molecule has 0 spiro atoms. The molecule has 4 nitrogen and oxygen atoms in total. The van der Waals surface area contributed by atoms with E-state index in [9.17, 15) is 0 Å². The molecule has 2 atom stereocenters. The molecule has 1 aromatic rings. The first-order valence-corrected chi connectivity index (χ1v) is 7.20. The van der Waals surface area contributed by atoms with E-state index in [1.54, 1.807) is 0 Å². The van der Waals surface area contributed by atoms with E-state index in [2.05, 4.69) is 23.3 Å². The number of pyridine rings is 1. The molecule has 1 saturated heterocycles. The molecule has 1 aliphatic rings. The van der Waals surface area contributed by atoms with Gasteiger partial charge in [-0.2, -0.15) is 0 Å². The predicted octanol–water partition coefficient (Wildman–Crippen LogP) is 2.91. The first-order chi connectivity index (χ1) is 9.19. The third-order valence-electron chi connectivity index (χ3n) is 3.55. The van der Waals surface area contributed by atoms with Gasteiger partial charge in [-0.05, 0) is 31.4 Å². The highest BCUT2D eigenvalue weighted by atomic mass is 16.5. The Balaban J connectivity index is 1.89. The summed E-state index contributed by atoms with van der Waals surface area (Å²) in [6, 6.07) is 4.66. The topological polar surface area (TPSA) is 37.4 Å². The second-order valence-electron chi connectivity index (χ2n) is 5.45. The fourth-order valence-electron chi connectivity index (χ4n) is 2.51. The van der Waals surface area contributed by atoms with Crippen molar-refractivity contribution < 1.29 is 4.74 Å². The van der Waals surface area contributed by atoms with Crippen LogP contribution >= 0.6 is 0 Å². The molecule has 0 radical (unpaired) electrons. The van der Waals surface area contributed by atoms with Crippen molar-refractivity contribution in [2.45, 2.75) is 44.8 Å². The lowest BCUT2D eigenvalue weighted by Gasteiger charge is -2.30. The van der Waals surface area contributed by atoms with Crippen LogP contribution in [0.25, 0.3) is 0 Å². The normalized spacial score (nSPS) is 23.1. The van der Waals surface area contributed by atoms with E-state index in [1.165, 1.54) is 6.42 Å². The van der Waals surface area contributed by atoms with Gasteiger partial charge in [-0.1, -0.05) is 13.3 Å². The molecule has 1 fully saturated rings. The van der Waals surface area contributed by atoms with Crippen molar-refractivity contribution >= 4 is 11.5 Å². The fraction of sp³-hybridized carbons (Fsp3) is 0.667. The highest BCUT2D eigenvalue weighted by Gasteiger charge is 2.21. The van der Waals surface area contributed by atoms with Gasteiger partial charge < -0.3 is 15.0 Å². The summed E-state index contributed by atoms with van der Waals surface area (Å²) in [7, 11) is 4.01. The number of nitrogens with zero attached hydrogens (tertiary/aromatic N) is 2. The largest absolute Gasteiger partial charge is 0.381 e. The van der Waals surface area contributed by atoms with Gasteiger partial charge in [0.2, 0.25) is 0 Å². The smallest absolute Gasteiger partial charge is 0.128 e. The number of anilines is 2. The minimum Gasteiger partial charge on any atom is -0.381 e. The Morgan fingerprint density at radius 2 is 2.26 bits per heavy atom. The van der Waals surface area contributed by atoms with Gasteiger partial charge in [0.1, 0.15) is 5.82 Å². The van der Waals surface area contributed by atoms with Crippen LogP contribution in [-0.4, -0.2) is 37.8 Å². The van der Waals surface area contributed by atoms with Crippen LogP contribution in [-0.2, 0) is 4.74 Å². The van der Waals surface area contributed by atoms with Crippen LogP contribution in [0.5, 0.6) is 0 Å². The van der Waals surface area contributed by atoms with Crippen molar-refractivity contribution in [2.75, 3.05) is 30.9 Å². The van der Waals surface area contributed by atoms with Crippen molar-refractivity contribution in [1.29, 1.82) is 0 Å². The molecule has 4 heteroatoms. The van der Waals surface area contributed by atoms with Crippen molar-refractivity contribution in [3.63, 3.8) is 0 Å². The Kier molecular flexibility index (Phi) is 5.02. The average molecular weight is 263 g/mol. The molecule has 2 rings (SSSR count). The van der Waals surface area contributed by atoms with Gasteiger partial charge in [-0.25, -0.2) is 4.98 Å². The zero-order valence-corrected chi connectivity index (χ0v) is 12.2. The maximum Gasteiger partial charge on any atom is 0.128 e. The predicted molar refractivity (Wildman–Crippen MR) is 79.9 cm³/mol. The van der Waals surface area contributed by atoms with Crippen molar-refractivity contribution in [3.05, 3.63) is 18.3 Å². The van der Waals surface area contributed by atoms with Crippen LogP contribution < -0.4 is 10.2 Å². The third kappa shape index (κ3) is 4.10. The Labute approximate surface area is 116 Å². The molecule has 0 aliphatic carbocycles. The van der Waals surface area contributed by atoms with Crippen LogP contribution in [0.4, 0.5) is 11.5 Å². The molecule has 19 heavy (non-hydrogen) atoms. The molecule has 0 aromatic carbocycles. The Morgan fingerprint density at radius 3 is 2.89 bits per heavy atom. The van der Waals surface area contributed by atoms with Gasteiger partial charge in [0.15, 0.2) is 0 Å². The number of rotatable bonds is 5. The summed E-state index contributed by atoms with van der Waals surface area (Å²) in [6.07, 6.45) is 6.87. The van der Waals surface area contributed by atoms with Crippen LogP contribution in [0.1, 0.15) is 32.6 Å². The number of hydrogen-bond donors (Lipinski definition) is 1. The Bertz CT molecular complexity index is 375. The highest BCUT2D eigenvalue weighted by molar-refractivity contribution is 5.48. The van der Waals surface area contributed by atoms with Gasteiger partial charge in [0.25, 0.3) is 0 Å². The highest BCUT2D eigenvalue weighted by Crippen LogP contribution is 2.21. The van der Waals surface area contributed by atoms with E-state index in [0.717, 1.165) is 37.4 Å². The minimum absolute atomic E-state index is 0.422. The SMILES string of the molecule is CCCC1CC(Nc2ccc(N(C)C)nc2)CCO1. The summed E-state index contributed by atoms with van der Waals surface area (Å²) in [4.78, 5) is 6.44. The molecule has 2 heterocycles. The van der Waals surface area contributed by atoms with E-state index in [1.807, 2.05) is 31.3 Å². The fourth-order valence-corrected chi connectivity index (χ4v) is 2.51. The minimum atomic E-state index is 0.422. The van der Waals surface area contributed by atoms with Gasteiger partial charge in [0.05, 0.1) is 18.0 Å². The lowest BCUT2D eigenvalue weighted by Crippen LogP contribution is -2.34. The lowest BCUT2D eigenvalue weighted by atomic mass is 10.00. The lowest BCUT2D eigenvalue weighted by molar-refractivity contribution is 0.00597. The zero-order valence-electron chi connectivity index (χ0n) is 12.2. The standard InChI is InChI=1S/C15H25N3O/c1-4-5-14-10-12(8-9-19-14)17-13-6-7-15(16-11-13)18(2)3/h6-7,11-12,14,17H,4-5,8-10H2,1-3H3. The van der Waals surface area contributed by atoms with Crippen molar-refractivity contribution in [3.8, 4) is 0 Å². The van der Waals surface area contributed by atoms with E-state index in [-0.39, 0.29) is 0 Å². The molecule has 106 valence electrons. The molecule has 1 aliphatic heterocycles. The van der Waals surface area contributed by atoms with Gasteiger partial charge in [-0.3, -0.25) is 0 Å². The summed E-state index contributed by atoms with van der Waals surface area (Å²) in [5, 5.41) is 3.57. The quantitative estimate of drug-likeness (QED) is 0.886. The van der Waals surface area contributed by atoms with E-state index >= 15 is 0 Å². The van der Waals surface area contributed by atoms with Crippen molar-refractivity contribution in [1.82, 2.24) is 4.98 Å². The van der Waals surface area contributed by atoms with Gasteiger partial charge in [0, 0.05) is 26.7 Å². The van der Waals surface area contributed by atoms with Crippen LogP contribution in [0.3, 0.4) is 0 Å². The maximum absolute atomic E-state index is 5.77. The molecule has 0 bridgehead atoms. The van der Waals surface area contributed by atoms with Gasteiger partial charge in [-0.15, -0.1) is 0 Å². The number of aromatic nitrogens is 1. The third-order valence-corrected chi connectivity index (χ3v) is 3.55. The second kappa shape index (κ2) is 6.75. The van der Waals surface area contributed by atoms with Crippen LogP contribution in [0.15, 0.2) is 18.3 Å². The molecular weight excluding hydrogens is 238 g/mol. The summed E-state index contributed by atoms with van der Waals surface area (Å²) in [5.74, 6) is 0.987. The van der Waals surface area contributed by atoms with E-state index in [0.29, 0.717) is 12.1 Å². The maximum atomic E-state index is 5.77. The molecule has 2 unspecified atom stereocenters. The first kappa shape index (κ1) is 14.1. The number of ether oxygens (including phenoxy) is 1. The summed E-state index contributed by atoms with van der Waals surface area (Å²) >= 11 is 0. The second-order valence-corrected chi connectivity index (χ2v) is 5.45. The number of nitrogens with one attached hydrogen (secondary N) is 1. The molecule has 1 aromatic heterocycles. The van der Waals surface area contributed by atoms with Crippen LogP contribution in [0, 0.1) is 0 Å². The zero-order chi connectivity index (χ0) is 13.7. The molecule has 1 N–H and O–H groups in total. The summed E-state index contributed by atoms with van der Waals surface area (Å²) < 4.78 is 5.77. The Morgan fingerprint density at radius 1 is 1.42 bits per heavy atom. The molecule has 0 saturated carbocycles. The Hall–Kier alpha value is -1.29.